The zero-order valence-corrected chi connectivity index (χ0v) is 19.7. The van der Waals surface area contributed by atoms with E-state index in [-0.39, 0.29) is 19.1 Å². The van der Waals surface area contributed by atoms with E-state index in [4.69, 9.17) is 4.74 Å². The van der Waals surface area contributed by atoms with Gasteiger partial charge in [-0.3, -0.25) is 9.59 Å². The van der Waals surface area contributed by atoms with Crippen LogP contribution in [0.3, 0.4) is 0 Å². The van der Waals surface area contributed by atoms with Gasteiger partial charge < -0.3 is 15.4 Å². The van der Waals surface area contributed by atoms with Crippen LogP contribution in [0.1, 0.15) is 35.1 Å². The molecule has 0 heterocycles. The van der Waals surface area contributed by atoms with Gasteiger partial charge in [-0.05, 0) is 35.2 Å². The van der Waals surface area contributed by atoms with Crippen molar-refractivity contribution in [2.45, 2.75) is 25.5 Å². The third-order valence-corrected chi connectivity index (χ3v) is 5.42. The molecule has 0 aliphatic heterocycles. The summed E-state index contributed by atoms with van der Waals surface area (Å²) < 4.78 is 5.63. The van der Waals surface area contributed by atoms with Crippen LogP contribution in [0.5, 0.6) is 0 Å². The predicted octanol–water partition coefficient (Wildman–Crippen LogP) is 4.19. The van der Waals surface area contributed by atoms with Crippen molar-refractivity contribution >= 4 is 17.4 Å². The minimum Gasteiger partial charge on any atom is -0.374 e. The average molecular weight is 468 g/mol. The van der Waals surface area contributed by atoms with Crippen LogP contribution in [0, 0.1) is 11.3 Å². The Labute approximate surface area is 206 Å². The molecule has 35 heavy (non-hydrogen) atoms. The average Bonchev–Trinajstić information content (AvgIpc) is 2.88. The Morgan fingerprint density at radius 2 is 1.60 bits per heavy atom. The van der Waals surface area contributed by atoms with Gasteiger partial charge in [0.1, 0.15) is 6.04 Å². The first-order chi connectivity index (χ1) is 17.0. The third kappa shape index (κ3) is 7.66. The Hall–Kier alpha value is -4.21. The molecule has 0 saturated carbocycles. The second-order valence-corrected chi connectivity index (χ2v) is 8.22. The van der Waals surface area contributed by atoms with E-state index in [1.54, 1.807) is 0 Å². The van der Waals surface area contributed by atoms with Gasteiger partial charge in [-0.2, -0.15) is 5.26 Å². The van der Waals surface area contributed by atoms with E-state index >= 15 is 0 Å². The molecule has 3 aromatic rings. The van der Waals surface area contributed by atoms with Gasteiger partial charge in [0.25, 0.3) is 0 Å². The Balaban J connectivity index is 1.52. The fourth-order valence-electron chi connectivity index (χ4n) is 3.63. The van der Waals surface area contributed by atoms with Gasteiger partial charge in [0.15, 0.2) is 0 Å². The second kappa shape index (κ2) is 12.9. The maximum Gasteiger partial charge on any atom is 0.240 e. The number of allylic oxidation sites excluding steroid dienone is 1. The maximum atomic E-state index is 13.0. The summed E-state index contributed by atoms with van der Waals surface area (Å²) in [6.07, 6.45) is 0. The smallest absolute Gasteiger partial charge is 0.240 e. The number of nitriles is 1. The molecule has 0 spiro atoms. The molecular weight excluding hydrogens is 438 g/mol. The number of rotatable bonds is 11. The first-order valence-corrected chi connectivity index (χ1v) is 11.4. The molecule has 0 bridgehead atoms. The molecule has 6 nitrogen and oxygen atoms in total. The molecule has 3 rings (SSSR count). The minimum absolute atomic E-state index is 0.0319. The number of amides is 2. The molecule has 1 unspecified atom stereocenters. The van der Waals surface area contributed by atoms with Gasteiger partial charge in [-0.25, -0.2) is 0 Å². The lowest BCUT2D eigenvalue weighted by molar-refractivity contribution is -0.126. The summed E-state index contributed by atoms with van der Waals surface area (Å²) in [6, 6.07) is 27.8. The zero-order valence-electron chi connectivity index (χ0n) is 19.7. The normalized spacial score (nSPS) is 11.3. The van der Waals surface area contributed by atoms with Crippen molar-refractivity contribution in [2.24, 2.45) is 0 Å². The van der Waals surface area contributed by atoms with E-state index < -0.39 is 17.9 Å². The lowest BCUT2D eigenvalue weighted by Gasteiger charge is -2.18. The summed E-state index contributed by atoms with van der Waals surface area (Å²) in [5.74, 6) is -1.30. The molecule has 0 saturated heterocycles. The van der Waals surface area contributed by atoms with Gasteiger partial charge in [0.05, 0.1) is 31.7 Å². The number of hydrogen-bond donors (Lipinski definition) is 2. The Morgan fingerprint density at radius 1 is 0.971 bits per heavy atom. The summed E-state index contributed by atoms with van der Waals surface area (Å²) in [6.45, 7) is 5.96. The highest BCUT2D eigenvalue weighted by atomic mass is 16.5. The lowest BCUT2D eigenvalue weighted by Crippen LogP contribution is -2.44. The van der Waals surface area contributed by atoms with Crippen molar-refractivity contribution in [3.8, 4) is 6.07 Å². The van der Waals surface area contributed by atoms with Crippen molar-refractivity contribution in [1.82, 2.24) is 10.6 Å². The minimum atomic E-state index is -0.831. The molecule has 3 aromatic carbocycles. The van der Waals surface area contributed by atoms with Crippen LogP contribution >= 0.6 is 0 Å². The van der Waals surface area contributed by atoms with Crippen molar-refractivity contribution in [3.05, 3.63) is 114 Å². The molecule has 0 aliphatic rings. The highest BCUT2D eigenvalue weighted by molar-refractivity contribution is 5.90. The van der Waals surface area contributed by atoms with Crippen LogP contribution in [0.15, 0.2) is 91.5 Å². The van der Waals surface area contributed by atoms with Gasteiger partial charge >= 0.3 is 0 Å². The Kier molecular flexibility index (Phi) is 9.35. The SMILES string of the molecule is C=C(C)c1cccc(COCC(C#N)NC(=O)CNC(=O)C(c2ccccc2)c2ccccc2)c1. The number of nitrogens with one attached hydrogen (secondary N) is 2. The molecular formula is C29H29N3O3. The maximum absolute atomic E-state index is 13.0. The monoisotopic (exact) mass is 467 g/mol. The molecule has 0 aliphatic carbocycles. The lowest BCUT2D eigenvalue weighted by atomic mass is 9.90. The standard InChI is InChI=1S/C29H29N3O3/c1-21(2)25-15-9-10-22(16-25)19-35-20-26(17-30)32-27(33)18-31-29(34)28(23-11-5-3-6-12-23)24-13-7-4-8-14-24/h3-16,26,28H,1,18-20H2,2H3,(H,31,34)(H,32,33). The van der Waals surface area contributed by atoms with Crippen LogP contribution in [-0.4, -0.2) is 31.0 Å². The van der Waals surface area contributed by atoms with E-state index in [1.807, 2.05) is 97.9 Å². The summed E-state index contributed by atoms with van der Waals surface area (Å²) >= 11 is 0. The van der Waals surface area contributed by atoms with Crippen LogP contribution < -0.4 is 10.6 Å². The second-order valence-electron chi connectivity index (χ2n) is 8.22. The number of carbonyl (C=O) groups is 2. The molecule has 1 atom stereocenters. The van der Waals surface area contributed by atoms with Crippen molar-refractivity contribution in [2.75, 3.05) is 13.2 Å². The largest absolute Gasteiger partial charge is 0.374 e. The third-order valence-electron chi connectivity index (χ3n) is 5.42. The zero-order chi connectivity index (χ0) is 25.0. The number of nitrogens with zero attached hydrogens (tertiary/aromatic N) is 1. The number of carbonyl (C=O) groups excluding carboxylic acids is 2. The van der Waals surface area contributed by atoms with E-state index in [0.717, 1.165) is 27.8 Å². The summed E-state index contributed by atoms with van der Waals surface area (Å²) in [7, 11) is 0. The van der Waals surface area contributed by atoms with Crippen LogP contribution in [-0.2, 0) is 20.9 Å². The molecule has 0 aromatic heterocycles. The predicted molar refractivity (Wildman–Crippen MR) is 136 cm³/mol. The van der Waals surface area contributed by atoms with Gasteiger partial charge in [-0.15, -0.1) is 0 Å². The van der Waals surface area contributed by atoms with Crippen LogP contribution in [0.4, 0.5) is 0 Å². The van der Waals surface area contributed by atoms with Gasteiger partial charge in [-0.1, -0.05) is 91.0 Å². The van der Waals surface area contributed by atoms with Crippen molar-refractivity contribution < 1.29 is 14.3 Å². The molecule has 178 valence electrons. The first-order valence-electron chi connectivity index (χ1n) is 11.4. The molecule has 0 radical (unpaired) electrons. The quantitative estimate of drug-likeness (QED) is 0.442. The van der Waals surface area contributed by atoms with Gasteiger partial charge in [0.2, 0.25) is 11.8 Å². The number of ether oxygens (including phenoxy) is 1. The Morgan fingerprint density at radius 3 is 2.17 bits per heavy atom. The van der Waals surface area contributed by atoms with Crippen molar-refractivity contribution in [3.63, 3.8) is 0 Å². The fourth-order valence-corrected chi connectivity index (χ4v) is 3.63. The van der Waals surface area contributed by atoms with E-state index in [1.165, 1.54) is 0 Å². The van der Waals surface area contributed by atoms with E-state index in [0.29, 0.717) is 6.61 Å². The van der Waals surface area contributed by atoms with E-state index in [9.17, 15) is 14.9 Å². The number of benzene rings is 3. The Bertz CT molecular complexity index is 1150. The summed E-state index contributed by atoms with van der Waals surface area (Å²) in [4.78, 5) is 25.4. The molecule has 6 heteroatoms. The van der Waals surface area contributed by atoms with Crippen LogP contribution in [0.2, 0.25) is 0 Å². The van der Waals surface area contributed by atoms with Crippen molar-refractivity contribution in [1.29, 1.82) is 5.26 Å². The molecule has 2 N–H and O–H groups in total. The van der Waals surface area contributed by atoms with E-state index in [2.05, 4.69) is 17.2 Å². The molecule has 0 fully saturated rings. The van der Waals surface area contributed by atoms with Crippen LogP contribution in [0.25, 0.3) is 5.57 Å². The summed E-state index contributed by atoms with van der Waals surface area (Å²) in [5, 5.41) is 14.7. The highest BCUT2D eigenvalue weighted by Crippen LogP contribution is 2.24. The van der Waals surface area contributed by atoms with Gasteiger partial charge in [0, 0.05) is 0 Å². The summed E-state index contributed by atoms with van der Waals surface area (Å²) in [5.41, 5.74) is 4.59. The topological polar surface area (TPSA) is 91.2 Å². The molecule has 2 amide bonds. The fraction of sp³-hybridized carbons (Fsp3) is 0.207. The first kappa shape index (κ1) is 25.4. The highest BCUT2D eigenvalue weighted by Gasteiger charge is 2.23. The number of hydrogen-bond acceptors (Lipinski definition) is 4.